The van der Waals surface area contributed by atoms with Crippen molar-refractivity contribution in [3.8, 4) is 11.5 Å². The molecule has 0 bridgehead atoms. The molecule has 4 rings (SSSR count). The molecule has 1 atom stereocenters. The van der Waals surface area contributed by atoms with Gasteiger partial charge < -0.3 is 14.4 Å². The van der Waals surface area contributed by atoms with Crippen LogP contribution in [0.25, 0.3) is 0 Å². The molecular formula is C23H28N2O3. The normalized spacial score (nSPS) is 19.4. The summed E-state index contributed by atoms with van der Waals surface area (Å²) in [5.41, 5.74) is 3.75. The fraction of sp³-hybridized carbons (Fsp3) is 0.435. The zero-order valence-electron chi connectivity index (χ0n) is 16.7. The standard InChI is InChI=1S/C23H28N2O3/c1-27-19-9-10-22(28-2)20(14-19)21-8-5-12-24(21)16-23(26)25-13-11-17-6-3-4-7-18(17)15-25/h3-4,6-7,9-10,14,21H,5,8,11-13,15-16H2,1-2H3. The highest BCUT2D eigenvalue weighted by atomic mass is 16.5. The Morgan fingerprint density at radius 1 is 1.07 bits per heavy atom. The number of carbonyl (C=O) groups is 1. The number of benzene rings is 2. The Balaban J connectivity index is 1.48. The molecule has 0 radical (unpaired) electrons. The van der Waals surface area contributed by atoms with Gasteiger partial charge in [0.2, 0.25) is 5.91 Å². The third kappa shape index (κ3) is 3.72. The average Bonchev–Trinajstić information content (AvgIpc) is 3.20. The van der Waals surface area contributed by atoms with Crippen LogP contribution >= 0.6 is 0 Å². The first-order valence-corrected chi connectivity index (χ1v) is 10.00. The van der Waals surface area contributed by atoms with Crippen LogP contribution in [0, 0.1) is 0 Å². The van der Waals surface area contributed by atoms with Crippen LogP contribution in [0.5, 0.6) is 11.5 Å². The van der Waals surface area contributed by atoms with Gasteiger partial charge in [-0.25, -0.2) is 0 Å². The van der Waals surface area contributed by atoms with Crippen molar-refractivity contribution in [3.63, 3.8) is 0 Å². The maximum atomic E-state index is 13.0. The van der Waals surface area contributed by atoms with E-state index in [-0.39, 0.29) is 11.9 Å². The average molecular weight is 380 g/mol. The zero-order chi connectivity index (χ0) is 19.5. The molecule has 0 N–H and O–H groups in total. The molecule has 0 spiro atoms. The van der Waals surface area contributed by atoms with Gasteiger partial charge in [-0.3, -0.25) is 9.69 Å². The molecule has 5 nitrogen and oxygen atoms in total. The van der Waals surface area contributed by atoms with Crippen molar-refractivity contribution in [1.82, 2.24) is 9.80 Å². The van der Waals surface area contributed by atoms with E-state index in [0.29, 0.717) is 6.54 Å². The van der Waals surface area contributed by atoms with E-state index in [1.165, 1.54) is 11.1 Å². The molecule has 0 saturated carbocycles. The van der Waals surface area contributed by atoms with E-state index in [2.05, 4.69) is 29.2 Å². The third-order valence-electron chi connectivity index (χ3n) is 5.98. The second kappa shape index (κ2) is 8.23. The molecule has 2 aromatic rings. The fourth-order valence-electron chi connectivity index (χ4n) is 4.45. The Morgan fingerprint density at radius 3 is 2.68 bits per heavy atom. The molecule has 1 saturated heterocycles. The second-order valence-corrected chi connectivity index (χ2v) is 7.57. The minimum Gasteiger partial charge on any atom is -0.497 e. The Hall–Kier alpha value is -2.53. The van der Waals surface area contributed by atoms with E-state index in [9.17, 15) is 4.79 Å². The lowest BCUT2D eigenvalue weighted by Gasteiger charge is -2.32. The van der Waals surface area contributed by atoms with Gasteiger partial charge >= 0.3 is 0 Å². The summed E-state index contributed by atoms with van der Waals surface area (Å²) in [7, 11) is 3.37. The smallest absolute Gasteiger partial charge is 0.237 e. The molecular weight excluding hydrogens is 352 g/mol. The maximum absolute atomic E-state index is 13.0. The van der Waals surface area contributed by atoms with Crippen molar-refractivity contribution in [3.05, 3.63) is 59.2 Å². The van der Waals surface area contributed by atoms with Crippen LogP contribution in [0.2, 0.25) is 0 Å². The first-order chi connectivity index (χ1) is 13.7. The minimum atomic E-state index is 0.186. The Morgan fingerprint density at radius 2 is 1.89 bits per heavy atom. The lowest BCUT2D eigenvalue weighted by atomic mass is 10.00. The molecule has 148 valence electrons. The van der Waals surface area contributed by atoms with Gasteiger partial charge in [-0.1, -0.05) is 24.3 Å². The van der Waals surface area contributed by atoms with Crippen LogP contribution in [0.3, 0.4) is 0 Å². The quantitative estimate of drug-likeness (QED) is 0.797. The first-order valence-electron chi connectivity index (χ1n) is 10.00. The minimum absolute atomic E-state index is 0.186. The van der Waals surface area contributed by atoms with Gasteiger partial charge in [-0.15, -0.1) is 0 Å². The molecule has 1 amide bonds. The number of amides is 1. The molecule has 2 aromatic carbocycles. The van der Waals surface area contributed by atoms with Gasteiger partial charge in [0.15, 0.2) is 0 Å². The van der Waals surface area contributed by atoms with Crippen LogP contribution in [0.15, 0.2) is 42.5 Å². The van der Waals surface area contributed by atoms with E-state index < -0.39 is 0 Å². The number of likely N-dealkylation sites (tertiary alicyclic amines) is 1. The number of fused-ring (bicyclic) bond motifs is 1. The largest absolute Gasteiger partial charge is 0.497 e. The van der Waals surface area contributed by atoms with E-state index >= 15 is 0 Å². The number of methoxy groups -OCH3 is 2. The SMILES string of the molecule is COc1ccc(OC)c(C2CCCN2CC(=O)N2CCc3ccccc3C2)c1. The summed E-state index contributed by atoms with van der Waals surface area (Å²) < 4.78 is 11.0. The molecule has 0 aromatic heterocycles. The van der Waals surface area contributed by atoms with Crippen molar-refractivity contribution in [1.29, 1.82) is 0 Å². The Bertz CT molecular complexity index is 851. The molecule has 0 aliphatic carbocycles. The highest BCUT2D eigenvalue weighted by Gasteiger charge is 2.32. The van der Waals surface area contributed by atoms with E-state index in [0.717, 1.165) is 56.0 Å². The number of hydrogen-bond acceptors (Lipinski definition) is 4. The molecule has 2 heterocycles. The first kappa shape index (κ1) is 18.8. The summed E-state index contributed by atoms with van der Waals surface area (Å²) in [4.78, 5) is 17.3. The number of nitrogens with zero attached hydrogens (tertiary/aromatic N) is 2. The number of carbonyl (C=O) groups excluding carboxylic acids is 1. The summed E-state index contributed by atoms with van der Waals surface area (Å²) in [6, 6.07) is 14.5. The Labute approximate surface area is 166 Å². The highest BCUT2D eigenvalue weighted by molar-refractivity contribution is 5.78. The van der Waals surface area contributed by atoms with Gasteiger partial charge in [0, 0.05) is 24.7 Å². The molecule has 1 fully saturated rings. The molecule has 5 heteroatoms. The fourth-order valence-corrected chi connectivity index (χ4v) is 4.45. The number of hydrogen-bond donors (Lipinski definition) is 0. The third-order valence-corrected chi connectivity index (χ3v) is 5.98. The molecule has 2 aliphatic heterocycles. The van der Waals surface area contributed by atoms with Crippen LogP contribution < -0.4 is 9.47 Å². The van der Waals surface area contributed by atoms with Crippen LogP contribution in [0.4, 0.5) is 0 Å². The lowest BCUT2D eigenvalue weighted by molar-refractivity contribution is -0.133. The molecule has 2 aliphatic rings. The highest BCUT2D eigenvalue weighted by Crippen LogP contribution is 2.38. The van der Waals surface area contributed by atoms with Crippen molar-refractivity contribution in [2.45, 2.75) is 31.8 Å². The predicted octanol–water partition coefficient (Wildman–Crippen LogP) is 3.43. The van der Waals surface area contributed by atoms with Gasteiger partial charge in [0.25, 0.3) is 0 Å². The zero-order valence-corrected chi connectivity index (χ0v) is 16.7. The summed E-state index contributed by atoms with van der Waals surface area (Å²) in [5.74, 6) is 1.89. The van der Waals surface area contributed by atoms with E-state index in [4.69, 9.17) is 9.47 Å². The van der Waals surface area contributed by atoms with Gasteiger partial charge in [-0.05, 0) is 55.1 Å². The van der Waals surface area contributed by atoms with E-state index in [1.54, 1.807) is 14.2 Å². The number of rotatable bonds is 5. The predicted molar refractivity (Wildman–Crippen MR) is 109 cm³/mol. The van der Waals surface area contributed by atoms with Crippen LogP contribution in [-0.2, 0) is 17.8 Å². The Kier molecular flexibility index (Phi) is 5.53. The summed E-state index contributed by atoms with van der Waals surface area (Å²) in [5, 5.41) is 0. The maximum Gasteiger partial charge on any atom is 0.237 e. The van der Waals surface area contributed by atoms with Gasteiger partial charge in [-0.2, -0.15) is 0 Å². The second-order valence-electron chi connectivity index (χ2n) is 7.57. The summed E-state index contributed by atoms with van der Waals surface area (Å²) in [6.45, 7) is 2.90. The van der Waals surface area contributed by atoms with Crippen molar-refractivity contribution >= 4 is 5.91 Å². The van der Waals surface area contributed by atoms with Crippen LogP contribution in [0.1, 0.15) is 35.6 Å². The molecule has 28 heavy (non-hydrogen) atoms. The topological polar surface area (TPSA) is 42.0 Å². The summed E-state index contributed by atoms with van der Waals surface area (Å²) in [6.07, 6.45) is 3.05. The van der Waals surface area contributed by atoms with Gasteiger partial charge in [0.1, 0.15) is 11.5 Å². The number of ether oxygens (including phenoxy) is 2. The van der Waals surface area contributed by atoms with Crippen molar-refractivity contribution < 1.29 is 14.3 Å². The summed E-state index contributed by atoms with van der Waals surface area (Å²) >= 11 is 0. The monoisotopic (exact) mass is 380 g/mol. The van der Waals surface area contributed by atoms with Gasteiger partial charge in [0.05, 0.1) is 20.8 Å². The molecule has 1 unspecified atom stereocenters. The van der Waals surface area contributed by atoms with Crippen molar-refractivity contribution in [2.24, 2.45) is 0 Å². The lowest BCUT2D eigenvalue weighted by Crippen LogP contribution is -2.42. The van der Waals surface area contributed by atoms with Crippen molar-refractivity contribution in [2.75, 3.05) is 33.9 Å². The van der Waals surface area contributed by atoms with E-state index in [1.807, 2.05) is 23.1 Å². The van der Waals surface area contributed by atoms with Crippen LogP contribution in [-0.4, -0.2) is 49.6 Å².